The molecule has 0 heterocycles. The minimum atomic E-state index is -0.365. The van der Waals surface area contributed by atoms with Crippen molar-refractivity contribution in [2.45, 2.75) is 12.5 Å². The first-order valence-corrected chi connectivity index (χ1v) is 10.9. The summed E-state index contributed by atoms with van der Waals surface area (Å²) in [5, 5.41) is 0. The molecule has 4 nitrogen and oxygen atoms in total. The maximum atomic E-state index is 12.6. The van der Waals surface area contributed by atoms with Crippen LogP contribution in [0.5, 0.6) is 0 Å². The van der Waals surface area contributed by atoms with Crippen LogP contribution in [0.3, 0.4) is 0 Å². The van der Waals surface area contributed by atoms with Crippen LogP contribution in [0, 0.1) is 0 Å². The van der Waals surface area contributed by atoms with E-state index in [0.717, 1.165) is 27.8 Å². The second-order valence-corrected chi connectivity index (χ2v) is 7.92. The third kappa shape index (κ3) is 4.15. The summed E-state index contributed by atoms with van der Waals surface area (Å²) in [4.78, 5) is 25.1. The molecule has 1 aliphatic rings. The highest BCUT2D eigenvalue weighted by Crippen LogP contribution is 2.46. The quantitative estimate of drug-likeness (QED) is 0.349. The number of ether oxygens (including phenoxy) is 2. The summed E-state index contributed by atoms with van der Waals surface area (Å²) >= 11 is 0. The zero-order valence-corrected chi connectivity index (χ0v) is 17.9. The van der Waals surface area contributed by atoms with Gasteiger partial charge in [0.25, 0.3) is 0 Å². The van der Waals surface area contributed by atoms with E-state index in [-0.39, 0.29) is 31.1 Å². The average Bonchev–Trinajstić information content (AvgIpc) is 3.21. The molecular formula is C29H22O4. The van der Waals surface area contributed by atoms with Gasteiger partial charge in [0.15, 0.2) is 0 Å². The molecule has 5 rings (SSSR count). The monoisotopic (exact) mass is 434 g/mol. The number of carbonyl (C=O) groups is 2. The van der Waals surface area contributed by atoms with E-state index in [1.807, 2.05) is 60.7 Å². The largest absolute Gasteiger partial charge is 0.461 e. The molecule has 162 valence electrons. The molecule has 0 fully saturated rings. The molecule has 0 bridgehead atoms. The number of carbonyl (C=O) groups excluding carboxylic acids is 2. The van der Waals surface area contributed by atoms with E-state index in [1.54, 1.807) is 24.3 Å². The number of benzene rings is 4. The smallest absolute Gasteiger partial charge is 0.338 e. The summed E-state index contributed by atoms with van der Waals surface area (Å²) in [7, 11) is 0. The van der Waals surface area contributed by atoms with E-state index in [4.69, 9.17) is 9.47 Å². The number of hydrogen-bond acceptors (Lipinski definition) is 4. The van der Waals surface area contributed by atoms with Gasteiger partial charge >= 0.3 is 11.9 Å². The van der Waals surface area contributed by atoms with Crippen molar-refractivity contribution in [3.63, 3.8) is 0 Å². The van der Waals surface area contributed by atoms with Crippen molar-refractivity contribution in [2.75, 3.05) is 6.61 Å². The lowest BCUT2D eigenvalue weighted by Gasteiger charge is -2.17. The van der Waals surface area contributed by atoms with Crippen molar-refractivity contribution < 1.29 is 19.1 Å². The minimum Gasteiger partial charge on any atom is -0.461 e. The molecule has 4 heteroatoms. The Kier molecular flexibility index (Phi) is 5.73. The van der Waals surface area contributed by atoms with Crippen LogP contribution in [0.15, 0.2) is 103 Å². The topological polar surface area (TPSA) is 52.6 Å². The Bertz CT molecular complexity index is 1300. The lowest BCUT2D eigenvalue weighted by Crippen LogP contribution is -2.14. The molecule has 0 radical (unpaired) electrons. The summed E-state index contributed by atoms with van der Waals surface area (Å²) in [5.74, 6) is -0.847. The number of fused-ring (bicyclic) bond motifs is 3. The third-order valence-electron chi connectivity index (χ3n) is 5.93. The van der Waals surface area contributed by atoms with Gasteiger partial charge in [-0.15, -0.1) is 0 Å². The van der Waals surface area contributed by atoms with E-state index in [0.29, 0.717) is 11.1 Å². The van der Waals surface area contributed by atoms with Crippen molar-refractivity contribution >= 4 is 11.9 Å². The molecule has 0 amide bonds. The van der Waals surface area contributed by atoms with Gasteiger partial charge in [0.1, 0.15) is 13.2 Å². The first-order chi connectivity index (χ1) is 16.2. The Labute approximate surface area is 192 Å². The number of hydrogen-bond donors (Lipinski definition) is 0. The summed E-state index contributed by atoms with van der Waals surface area (Å²) < 4.78 is 11.4. The normalized spacial score (nSPS) is 13.6. The van der Waals surface area contributed by atoms with Gasteiger partial charge in [0, 0.05) is 5.92 Å². The molecule has 1 aliphatic carbocycles. The molecule has 0 spiro atoms. The molecule has 0 N–H and O–H groups in total. The second kappa shape index (κ2) is 9.13. The van der Waals surface area contributed by atoms with Gasteiger partial charge in [-0.2, -0.15) is 0 Å². The first kappa shape index (κ1) is 20.7. The highest BCUT2D eigenvalue weighted by molar-refractivity contribution is 5.90. The number of esters is 2. The Morgan fingerprint density at radius 1 is 0.606 bits per heavy atom. The minimum absolute atomic E-state index is 0.129. The summed E-state index contributed by atoms with van der Waals surface area (Å²) in [6.45, 7) is 0.357. The Morgan fingerprint density at radius 2 is 1.18 bits per heavy atom. The molecule has 0 aromatic heterocycles. The van der Waals surface area contributed by atoms with Gasteiger partial charge in [0.05, 0.1) is 11.1 Å². The van der Waals surface area contributed by atoms with Crippen LogP contribution in [0.2, 0.25) is 0 Å². The Morgan fingerprint density at radius 3 is 1.88 bits per heavy atom. The predicted octanol–water partition coefficient (Wildman–Crippen LogP) is 6.01. The van der Waals surface area contributed by atoms with E-state index >= 15 is 0 Å². The van der Waals surface area contributed by atoms with Gasteiger partial charge in [-0.25, -0.2) is 9.59 Å². The molecular weight excluding hydrogens is 412 g/mol. The lowest BCUT2D eigenvalue weighted by atomic mass is 9.94. The van der Waals surface area contributed by atoms with Gasteiger partial charge in [0.2, 0.25) is 0 Å². The third-order valence-corrected chi connectivity index (χ3v) is 5.93. The van der Waals surface area contributed by atoms with Crippen molar-refractivity contribution in [2.24, 2.45) is 0 Å². The average molecular weight is 434 g/mol. The maximum absolute atomic E-state index is 12.6. The van der Waals surface area contributed by atoms with Crippen LogP contribution in [0.25, 0.3) is 11.1 Å². The van der Waals surface area contributed by atoms with E-state index < -0.39 is 0 Å². The molecule has 33 heavy (non-hydrogen) atoms. The fourth-order valence-corrected chi connectivity index (χ4v) is 4.38. The van der Waals surface area contributed by atoms with Gasteiger partial charge in [-0.3, -0.25) is 0 Å². The predicted molar refractivity (Wildman–Crippen MR) is 126 cm³/mol. The fraction of sp³-hybridized carbons (Fsp3) is 0.103. The fourth-order valence-electron chi connectivity index (χ4n) is 4.38. The van der Waals surface area contributed by atoms with Crippen molar-refractivity contribution in [1.82, 2.24) is 0 Å². The number of rotatable bonds is 6. The van der Waals surface area contributed by atoms with Crippen LogP contribution >= 0.6 is 0 Å². The zero-order valence-electron chi connectivity index (χ0n) is 17.9. The molecule has 0 saturated heterocycles. The molecule has 4 aromatic carbocycles. The van der Waals surface area contributed by atoms with Crippen LogP contribution < -0.4 is 0 Å². The van der Waals surface area contributed by atoms with Crippen LogP contribution in [-0.2, 0) is 16.1 Å². The summed E-state index contributed by atoms with van der Waals surface area (Å²) in [5.41, 5.74) is 6.30. The van der Waals surface area contributed by atoms with Crippen molar-refractivity contribution in [3.8, 4) is 11.1 Å². The summed E-state index contributed by atoms with van der Waals surface area (Å²) in [6, 6.07) is 32.1. The second-order valence-electron chi connectivity index (χ2n) is 7.92. The van der Waals surface area contributed by atoms with E-state index in [2.05, 4.69) is 18.2 Å². The Hall–Kier alpha value is -4.18. The van der Waals surface area contributed by atoms with Gasteiger partial charge in [-0.05, 0) is 52.1 Å². The molecule has 1 atom stereocenters. The van der Waals surface area contributed by atoms with Crippen molar-refractivity contribution in [1.29, 1.82) is 0 Å². The van der Waals surface area contributed by atoms with Crippen LogP contribution in [-0.4, -0.2) is 18.5 Å². The zero-order chi connectivity index (χ0) is 22.6. The lowest BCUT2D eigenvalue weighted by molar-refractivity contribution is 0.0470. The van der Waals surface area contributed by atoms with Crippen LogP contribution in [0.1, 0.15) is 43.3 Å². The van der Waals surface area contributed by atoms with Crippen molar-refractivity contribution in [3.05, 3.63) is 131 Å². The van der Waals surface area contributed by atoms with E-state index in [9.17, 15) is 9.59 Å². The molecule has 4 aromatic rings. The molecule has 1 unspecified atom stereocenters. The standard InChI is InChI=1S/C29H22O4/c30-28(20-10-3-1-4-11-20)32-18-22-14-9-17-25-23-15-7-8-16-24(23)26(27(22)25)19-33-29(31)21-12-5-2-6-13-21/h1-17,26H,18-19H2. The first-order valence-electron chi connectivity index (χ1n) is 10.9. The highest BCUT2D eigenvalue weighted by atomic mass is 16.5. The molecule has 0 aliphatic heterocycles. The molecule has 0 saturated carbocycles. The highest BCUT2D eigenvalue weighted by Gasteiger charge is 2.32. The van der Waals surface area contributed by atoms with Gasteiger partial charge < -0.3 is 9.47 Å². The SMILES string of the molecule is O=C(OCc1cccc2c1C(COC(=O)c1ccccc1)c1ccccc1-2)c1ccccc1. The Balaban J connectivity index is 1.41. The van der Waals surface area contributed by atoms with E-state index in [1.165, 1.54) is 0 Å². The summed E-state index contributed by atoms with van der Waals surface area (Å²) in [6.07, 6.45) is 0. The van der Waals surface area contributed by atoms with Gasteiger partial charge in [-0.1, -0.05) is 78.9 Å². The maximum Gasteiger partial charge on any atom is 0.338 e. The van der Waals surface area contributed by atoms with Crippen LogP contribution in [0.4, 0.5) is 0 Å².